The van der Waals surface area contributed by atoms with Crippen molar-refractivity contribution in [2.75, 3.05) is 18.2 Å². The monoisotopic (exact) mass is 392 g/mol. The van der Waals surface area contributed by atoms with Crippen molar-refractivity contribution >= 4 is 29.1 Å². The Labute approximate surface area is 164 Å². The van der Waals surface area contributed by atoms with Gasteiger partial charge in [0.1, 0.15) is 5.75 Å². The summed E-state index contributed by atoms with van der Waals surface area (Å²) >= 11 is 7.55. The first-order valence-corrected chi connectivity index (χ1v) is 10.3. The summed E-state index contributed by atoms with van der Waals surface area (Å²) in [6.45, 7) is 4.40. The third-order valence-corrected chi connectivity index (χ3v) is 5.87. The van der Waals surface area contributed by atoms with Gasteiger partial charge in [-0.3, -0.25) is 0 Å². The maximum absolute atomic E-state index is 5.95. The second kappa shape index (κ2) is 9.33. The number of methoxy groups -OCH3 is 1. The first kappa shape index (κ1) is 19.1. The molecule has 26 heavy (non-hydrogen) atoms. The molecule has 1 N–H and O–H groups in total. The summed E-state index contributed by atoms with van der Waals surface area (Å²) in [4.78, 5) is 0. The molecule has 0 atom stereocenters. The molecule has 7 heteroatoms. The van der Waals surface area contributed by atoms with Gasteiger partial charge in [-0.2, -0.15) is 0 Å². The van der Waals surface area contributed by atoms with Gasteiger partial charge in [0.05, 0.1) is 13.7 Å². The molecule has 1 aromatic heterocycles. The highest BCUT2D eigenvalue weighted by atomic mass is 35.5. The van der Waals surface area contributed by atoms with E-state index in [-0.39, 0.29) is 0 Å². The van der Waals surface area contributed by atoms with Gasteiger partial charge < -0.3 is 14.6 Å². The average Bonchev–Trinajstić information content (AvgIpc) is 3.08. The molecule has 3 rings (SSSR count). The van der Waals surface area contributed by atoms with Crippen molar-refractivity contribution in [3.63, 3.8) is 0 Å². The molecule has 0 saturated heterocycles. The van der Waals surface area contributed by atoms with E-state index in [4.69, 9.17) is 16.3 Å². The van der Waals surface area contributed by atoms with E-state index in [2.05, 4.69) is 26.7 Å². The lowest BCUT2D eigenvalue weighted by atomic mass is 9.95. The molecule has 0 unspecified atom stereocenters. The zero-order valence-corrected chi connectivity index (χ0v) is 16.7. The summed E-state index contributed by atoms with van der Waals surface area (Å²) < 4.78 is 7.59. The number of ether oxygens (including phenoxy) is 1. The third kappa shape index (κ3) is 4.95. The Morgan fingerprint density at radius 1 is 1.35 bits per heavy atom. The second-order valence-electron chi connectivity index (χ2n) is 6.45. The zero-order valence-electron chi connectivity index (χ0n) is 15.1. The minimum atomic E-state index is 0.465. The van der Waals surface area contributed by atoms with Gasteiger partial charge in [0.25, 0.3) is 0 Å². The second-order valence-corrected chi connectivity index (χ2v) is 7.93. The first-order valence-electron chi connectivity index (χ1n) is 8.95. The van der Waals surface area contributed by atoms with Gasteiger partial charge in [-0.05, 0) is 25.0 Å². The maximum Gasteiger partial charge on any atom is 0.191 e. The van der Waals surface area contributed by atoms with E-state index in [1.165, 1.54) is 32.1 Å². The van der Waals surface area contributed by atoms with Crippen LogP contribution in [0.3, 0.4) is 0 Å². The van der Waals surface area contributed by atoms with Gasteiger partial charge in [0.2, 0.25) is 0 Å². The molecule has 2 aromatic rings. The topological polar surface area (TPSA) is 52.0 Å². The first-order chi connectivity index (χ1) is 12.7. The van der Waals surface area contributed by atoms with Gasteiger partial charge in [0.15, 0.2) is 11.0 Å². The largest absolute Gasteiger partial charge is 0.497 e. The number of anilines is 1. The Balaban J connectivity index is 1.77. The van der Waals surface area contributed by atoms with Crippen LogP contribution in [-0.2, 0) is 6.54 Å². The fourth-order valence-electron chi connectivity index (χ4n) is 3.29. The van der Waals surface area contributed by atoms with E-state index in [0.717, 1.165) is 22.4 Å². The number of halogens is 1. The Morgan fingerprint density at radius 2 is 2.15 bits per heavy atom. The van der Waals surface area contributed by atoms with E-state index in [9.17, 15) is 0 Å². The fourth-order valence-corrected chi connectivity index (χ4v) is 4.23. The number of aromatic nitrogens is 3. The molecule has 0 bridgehead atoms. The van der Waals surface area contributed by atoms with E-state index < -0.39 is 0 Å². The summed E-state index contributed by atoms with van der Waals surface area (Å²) in [5.41, 5.74) is 1.01. The predicted molar refractivity (Wildman–Crippen MR) is 108 cm³/mol. The van der Waals surface area contributed by atoms with Crippen molar-refractivity contribution in [2.45, 2.75) is 49.8 Å². The molecule has 0 spiro atoms. The molecular formula is C19H25ClN4OS. The molecule has 5 nitrogen and oxygen atoms in total. The van der Waals surface area contributed by atoms with Gasteiger partial charge in [-0.1, -0.05) is 55.3 Å². The van der Waals surface area contributed by atoms with Gasteiger partial charge in [-0.25, -0.2) is 0 Å². The molecular weight excluding hydrogens is 368 g/mol. The molecule has 1 heterocycles. The number of nitrogens with zero attached hydrogens (tertiary/aromatic N) is 3. The molecule has 0 aliphatic heterocycles. The minimum Gasteiger partial charge on any atom is -0.497 e. The highest BCUT2D eigenvalue weighted by Gasteiger charge is 2.23. The number of benzene rings is 1. The SMILES string of the molecule is C=C(Cl)CSc1nnc(CNc2cccc(OC)c2)n1C1CCCCC1. The summed E-state index contributed by atoms with van der Waals surface area (Å²) in [6.07, 6.45) is 6.20. The lowest BCUT2D eigenvalue weighted by molar-refractivity contribution is 0.330. The number of thioether (sulfide) groups is 1. The normalized spacial score (nSPS) is 15.0. The molecule has 140 valence electrons. The minimum absolute atomic E-state index is 0.465. The summed E-state index contributed by atoms with van der Waals surface area (Å²) in [5.74, 6) is 2.44. The molecule has 1 aliphatic carbocycles. The van der Waals surface area contributed by atoms with Crippen LogP contribution in [0, 0.1) is 0 Å². The lowest BCUT2D eigenvalue weighted by Gasteiger charge is -2.25. The van der Waals surface area contributed by atoms with Crippen molar-refractivity contribution in [2.24, 2.45) is 0 Å². The van der Waals surface area contributed by atoms with Crippen LogP contribution in [0.1, 0.15) is 44.0 Å². The Bertz CT molecular complexity index is 743. The molecule has 1 aromatic carbocycles. The summed E-state index contributed by atoms with van der Waals surface area (Å²) in [7, 11) is 1.67. The fraction of sp³-hybridized carbons (Fsp3) is 0.474. The Morgan fingerprint density at radius 3 is 2.88 bits per heavy atom. The third-order valence-electron chi connectivity index (χ3n) is 4.55. The Hall–Kier alpha value is -1.66. The molecule has 1 saturated carbocycles. The molecule has 1 aliphatic rings. The van der Waals surface area contributed by atoms with Gasteiger partial charge in [-0.15, -0.1) is 10.2 Å². The van der Waals surface area contributed by atoms with Crippen LogP contribution in [0.25, 0.3) is 0 Å². The zero-order chi connectivity index (χ0) is 18.4. The molecule has 1 fully saturated rings. The smallest absolute Gasteiger partial charge is 0.191 e. The average molecular weight is 393 g/mol. The van der Waals surface area contributed by atoms with Crippen molar-refractivity contribution < 1.29 is 4.74 Å². The number of hydrogen-bond acceptors (Lipinski definition) is 5. The van der Waals surface area contributed by atoms with Crippen LogP contribution in [0.5, 0.6) is 5.75 Å². The van der Waals surface area contributed by atoms with Crippen molar-refractivity contribution in [3.05, 3.63) is 41.7 Å². The predicted octanol–water partition coefficient (Wildman–Crippen LogP) is 5.25. The van der Waals surface area contributed by atoms with E-state index in [1.54, 1.807) is 18.9 Å². The van der Waals surface area contributed by atoms with Gasteiger partial charge >= 0.3 is 0 Å². The highest BCUT2D eigenvalue weighted by molar-refractivity contribution is 7.99. The maximum atomic E-state index is 5.95. The van der Waals surface area contributed by atoms with E-state index in [1.807, 2.05) is 24.3 Å². The summed E-state index contributed by atoms with van der Waals surface area (Å²) in [5, 5.41) is 13.9. The van der Waals surface area contributed by atoms with Crippen molar-refractivity contribution in [3.8, 4) is 5.75 Å². The van der Waals surface area contributed by atoms with Crippen molar-refractivity contribution in [1.29, 1.82) is 0 Å². The van der Waals surface area contributed by atoms with Gasteiger partial charge in [0, 0.05) is 28.6 Å². The Kier molecular flexibility index (Phi) is 6.86. The summed E-state index contributed by atoms with van der Waals surface area (Å²) in [6, 6.07) is 8.38. The van der Waals surface area contributed by atoms with Crippen LogP contribution in [0.2, 0.25) is 0 Å². The quantitative estimate of drug-likeness (QED) is 0.622. The van der Waals surface area contributed by atoms with Crippen LogP contribution in [0.4, 0.5) is 5.69 Å². The van der Waals surface area contributed by atoms with Crippen LogP contribution < -0.4 is 10.1 Å². The number of hydrogen-bond donors (Lipinski definition) is 1. The number of rotatable bonds is 8. The van der Waals surface area contributed by atoms with Crippen LogP contribution >= 0.6 is 23.4 Å². The lowest BCUT2D eigenvalue weighted by Crippen LogP contribution is -2.18. The van der Waals surface area contributed by atoms with E-state index >= 15 is 0 Å². The highest BCUT2D eigenvalue weighted by Crippen LogP contribution is 2.33. The van der Waals surface area contributed by atoms with Crippen LogP contribution in [-0.4, -0.2) is 27.6 Å². The number of nitrogens with one attached hydrogen (secondary N) is 1. The standard InChI is InChI=1S/C19H25ClN4OS/c1-14(20)13-26-19-23-22-18(24(19)16-8-4-3-5-9-16)12-21-15-7-6-10-17(11-15)25-2/h6-7,10-11,16,21H,1,3-5,8-9,12-13H2,2H3. The van der Waals surface area contributed by atoms with Crippen LogP contribution in [0.15, 0.2) is 41.0 Å². The molecule has 0 radical (unpaired) electrons. The van der Waals surface area contributed by atoms with E-state index in [0.29, 0.717) is 23.4 Å². The molecule has 0 amide bonds. The van der Waals surface area contributed by atoms with Crippen molar-refractivity contribution in [1.82, 2.24) is 14.8 Å².